The molecule has 1 aromatic heterocycles. The standard InChI is InChI=1S/C10H7F6N3O3/c11-9(12,13)6-5(7(20)21)3-19(17-6)4-1-18(2-4)8(22)10(14,15)16/h3-4H,1-2H2,(H,20,21). The Balaban J connectivity index is 2.17. The second-order valence-electron chi connectivity index (χ2n) is 4.54. The van der Waals surface area contributed by atoms with E-state index in [1.54, 1.807) is 0 Å². The first-order valence-corrected chi connectivity index (χ1v) is 5.67. The van der Waals surface area contributed by atoms with Gasteiger partial charge >= 0.3 is 24.2 Å². The van der Waals surface area contributed by atoms with Crippen molar-refractivity contribution in [3.05, 3.63) is 17.5 Å². The minimum Gasteiger partial charge on any atom is -0.478 e. The molecule has 0 saturated carbocycles. The van der Waals surface area contributed by atoms with E-state index in [1.165, 1.54) is 0 Å². The maximum Gasteiger partial charge on any atom is 0.471 e. The summed E-state index contributed by atoms with van der Waals surface area (Å²) >= 11 is 0. The third kappa shape index (κ3) is 2.85. The fourth-order valence-electron chi connectivity index (χ4n) is 1.91. The zero-order chi connectivity index (χ0) is 16.9. The van der Waals surface area contributed by atoms with Gasteiger partial charge in [-0.2, -0.15) is 31.4 Å². The molecule has 2 rings (SSSR count). The van der Waals surface area contributed by atoms with Gasteiger partial charge in [-0.25, -0.2) is 4.79 Å². The van der Waals surface area contributed by atoms with E-state index in [4.69, 9.17) is 5.11 Å². The lowest BCUT2D eigenvalue weighted by molar-refractivity contribution is -0.191. The number of likely N-dealkylation sites (tertiary alicyclic amines) is 1. The van der Waals surface area contributed by atoms with Crippen LogP contribution >= 0.6 is 0 Å². The van der Waals surface area contributed by atoms with Gasteiger partial charge in [-0.3, -0.25) is 9.48 Å². The predicted octanol–water partition coefficient (Wildman–Crippen LogP) is 1.55. The number of hydrogen-bond donors (Lipinski definition) is 1. The number of aromatic carboxylic acids is 1. The number of carboxylic acid groups (broad SMARTS) is 1. The minimum atomic E-state index is -5.07. The van der Waals surface area contributed by atoms with Crippen LogP contribution in [-0.4, -0.2) is 50.9 Å². The molecule has 22 heavy (non-hydrogen) atoms. The Morgan fingerprint density at radius 1 is 1.18 bits per heavy atom. The molecule has 0 aromatic carbocycles. The highest BCUT2D eigenvalue weighted by molar-refractivity contribution is 5.88. The van der Waals surface area contributed by atoms with Crippen LogP contribution < -0.4 is 0 Å². The van der Waals surface area contributed by atoms with Crippen LogP contribution in [0, 0.1) is 0 Å². The molecule has 1 aliphatic heterocycles. The molecular formula is C10H7F6N3O3. The molecular weight excluding hydrogens is 324 g/mol. The third-order valence-corrected chi connectivity index (χ3v) is 3.00. The first-order valence-electron chi connectivity index (χ1n) is 5.67. The highest BCUT2D eigenvalue weighted by Crippen LogP contribution is 2.33. The summed E-state index contributed by atoms with van der Waals surface area (Å²) in [6, 6.07) is -0.944. The number of halogens is 6. The van der Waals surface area contributed by atoms with Crippen molar-refractivity contribution >= 4 is 11.9 Å². The van der Waals surface area contributed by atoms with Crippen LogP contribution in [0.2, 0.25) is 0 Å². The Labute approximate surface area is 117 Å². The van der Waals surface area contributed by atoms with Gasteiger partial charge in [0.2, 0.25) is 0 Å². The summed E-state index contributed by atoms with van der Waals surface area (Å²) in [5.74, 6) is -3.97. The van der Waals surface area contributed by atoms with E-state index < -0.39 is 54.6 Å². The Morgan fingerprint density at radius 2 is 1.73 bits per heavy atom. The summed E-state index contributed by atoms with van der Waals surface area (Å²) in [7, 11) is 0. The van der Waals surface area contributed by atoms with Gasteiger partial charge in [-0.15, -0.1) is 0 Å². The molecule has 0 bridgehead atoms. The number of rotatable bonds is 2. The van der Waals surface area contributed by atoms with Crippen LogP contribution in [0.1, 0.15) is 22.1 Å². The first-order chi connectivity index (χ1) is 9.91. The lowest BCUT2D eigenvalue weighted by Crippen LogP contribution is -2.55. The normalized spacial score (nSPS) is 16.5. The average molecular weight is 331 g/mol. The van der Waals surface area contributed by atoms with Crippen molar-refractivity contribution in [3.8, 4) is 0 Å². The van der Waals surface area contributed by atoms with Crippen LogP contribution in [0.3, 0.4) is 0 Å². The molecule has 1 amide bonds. The van der Waals surface area contributed by atoms with Gasteiger partial charge in [0.05, 0.1) is 6.04 Å². The van der Waals surface area contributed by atoms with E-state index in [1.807, 2.05) is 0 Å². The third-order valence-electron chi connectivity index (χ3n) is 3.00. The summed E-state index contributed by atoms with van der Waals surface area (Å²) in [6.45, 7) is -1.01. The number of aromatic nitrogens is 2. The van der Waals surface area contributed by atoms with Gasteiger partial charge in [0.25, 0.3) is 0 Å². The van der Waals surface area contributed by atoms with Crippen molar-refractivity contribution < 1.29 is 41.0 Å². The lowest BCUT2D eigenvalue weighted by Gasteiger charge is -2.39. The molecule has 0 aliphatic carbocycles. The average Bonchev–Trinajstić information content (AvgIpc) is 2.70. The Morgan fingerprint density at radius 3 is 2.09 bits per heavy atom. The van der Waals surface area contributed by atoms with Crippen molar-refractivity contribution in [2.45, 2.75) is 18.4 Å². The van der Waals surface area contributed by atoms with Gasteiger partial charge in [0.1, 0.15) is 5.56 Å². The zero-order valence-electron chi connectivity index (χ0n) is 10.4. The summed E-state index contributed by atoms with van der Waals surface area (Å²) in [4.78, 5) is 22.0. The molecule has 0 spiro atoms. The number of carbonyl (C=O) groups excluding carboxylic acids is 1. The van der Waals surface area contributed by atoms with Gasteiger partial charge in [-0.05, 0) is 0 Å². The first kappa shape index (κ1) is 16.1. The van der Waals surface area contributed by atoms with E-state index in [0.717, 1.165) is 0 Å². The highest BCUT2D eigenvalue weighted by Gasteiger charge is 2.48. The molecule has 1 N–H and O–H groups in total. The quantitative estimate of drug-likeness (QED) is 0.835. The minimum absolute atomic E-state index is 0.389. The van der Waals surface area contributed by atoms with Crippen molar-refractivity contribution in [1.82, 2.24) is 14.7 Å². The topological polar surface area (TPSA) is 75.4 Å². The summed E-state index contributed by atoms with van der Waals surface area (Å²) in [5, 5.41) is 11.8. The summed E-state index contributed by atoms with van der Waals surface area (Å²) in [5.41, 5.74) is -2.74. The molecule has 2 heterocycles. The summed E-state index contributed by atoms with van der Waals surface area (Å²) in [6.07, 6.45) is -9.49. The van der Waals surface area contributed by atoms with E-state index in [-0.39, 0.29) is 0 Å². The van der Waals surface area contributed by atoms with E-state index in [9.17, 15) is 35.9 Å². The molecule has 1 fully saturated rings. The fourth-order valence-corrected chi connectivity index (χ4v) is 1.91. The second kappa shape index (κ2) is 4.88. The molecule has 0 atom stereocenters. The van der Waals surface area contributed by atoms with Crippen molar-refractivity contribution in [2.75, 3.05) is 13.1 Å². The molecule has 0 radical (unpaired) electrons. The van der Waals surface area contributed by atoms with E-state index in [0.29, 0.717) is 15.8 Å². The monoisotopic (exact) mass is 331 g/mol. The van der Waals surface area contributed by atoms with Crippen molar-refractivity contribution in [2.24, 2.45) is 0 Å². The predicted molar refractivity (Wildman–Crippen MR) is 55.9 cm³/mol. The van der Waals surface area contributed by atoms with Crippen molar-refractivity contribution in [1.29, 1.82) is 0 Å². The van der Waals surface area contributed by atoms with Crippen LogP contribution in [0.25, 0.3) is 0 Å². The molecule has 12 heteroatoms. The summed E-state index contributed by atoms with van der Waals surface area (Å²) < 4.78 is 74.9. The van der Waals surface area contributed by atoms with Crippen LogP contribution in [0.15, 0.2) is 6.20 Å². The van der Waals surface area contributed by atoms with Crippen molar-refractivity contribution in [3.63, 3.8) is 0 Å². The van der Waals surface area contributed by atoms with E-state index >= 15 is 0 Å². The lowest BCUT2D eigenvalue weighted by atomic mass is 10.1. The SMILES string of the molecule is O=C(O)c1cn(C2CN(C(=O)C(F)(F)F)C2)nc1C(F)(F)F. The maximum absolute atomic E-state index is 12.6. The van der Waals surface area contributed by atoms with Crippen LogP contribution in [0.5, 0.6) is 0 Å². The Kier molecular flexibility index (Phi) is 3.57. The number of amides is 1. The molecule has 122 valence electrons. The largest absolute Gasteiger partial charge is 0.478 e. The van der Waals surface area contributed by atoms with Gasteiger partial charge in [0.15, 0.2) is 5.69 Å². The number of hydrogen-bond acceptors (Lipinski definition) is 3. The molecule has 1 aromatic rings. The van der Waals surface area contributed by atoms with Gasteiger partial charge in [0, 0.05) is 19.3 Å². The number of carbonyl (C=O) groups is 2. The molecule has 1 aliphatic rings. The van der Waals surface area contributed by atoms with E-state index in [2.05, 4.69) is 5.10 Å². The highest BCUT2D eigenvalue weighted by atomic mass is 19.4. The van der Waals surface area contributed by atoms with Crippen LogP contribution in [0.4, 0.5) is 26.3 Å². The van der Waals surface area contributed by atoms with Gasteiger partial charge < -0.3 is 10.0 Å². The number of carboxylic acids is 1. The number of nitrogens with zero attached hydrogens (tertiary/aromatic N) is 3. The molecule has 6 nitrogen and oxygen atoms in total. The fraction of sp³-hybridized carbons (Fsp3) is 0.500. The molecule has 0 unspecified atom stereocenters. The Hall–Kier alpha value is -2.27. The molecule has 1 saturated heterocycles. The zero-order valence-corrected chi connectivity index (χ0v) is 10.4. The Bertz CT molecular complexity index is 614. The second-order valence-corrected chi connectivity index (χ2v) is 4.54. The maximum atomic E-state index is 12.6. The van der Waals surface area contributed by atoms with Crippen LogP contribution in [-0.2, 0) is 11.0 Å². The smallest absolute Gasteiger partial charge is 0.471 e. The number of alkyl halides is 6. The van der Waals surface area contributed by atoms with Gasteiger partial charge in [-0.1, -0.05) is 0 Å².